The molecule has 1 aromatic rings. The first-order valence-electron chi connectivity index (χ1n) is 9.21. The van der Waals surface area contributed by atoms with Crippen LogP contribution < -0.4 is 5.32 Å². The third-order valence-electron chi connectivity index (χ3n) is 5.96. The summed E-state index contributed by atoms with van der Waals surface area (Å²) in [6.07, 6.45) is 2.13. The van der Waals surface area contributed by atoms with Crippen LogP contribution in [0.5, 0.6) is 5.75 Å². The number of aliphatic hydroxyl groups is 1. The molecule has 1 aromatic carbocycles. The molecule has 1 aliphatic carbocycles. The molecule has 2 aliphatic rings. The Kier molecular flexibility index (Phi) is 4.88. The number of fused-ring (bicyclic) bond motifs is 1. The molecular formula is C21H29NO4. The average molecular weight is 359 g/mol. The van der Waals surface area contributed by atoms with E-state index in [1.165, 1.54) is 6.92 Å². The summed E-state index contributed by atoms with van der Waals surface area (Å²) in [5.74, 6) is 0.231. The fraction of sp³-hybridized carbons (Fsp3) is 0.571. The second-order valence-electron chi connectivity index (χ2n) is 8.13. The number of amides is 1. The minimum atomic E-state index is -0.677. The number of aliphatic hydroxyl groups excluding tert-OH is 1. The molecule has 142 valence electrons. The predicted octanol–water partition coefficient (Wildman–Crippen LogP) is 3.06. The molecule has 0 spiro atoms. The molecule has 5 atom stereocenters. The summed E-state index contributed by atoms with van der Waals surface area (Å²) in [7, 11) is 0. The molecule has 3 N–H and O–H groups in total. The number of benzene rings is 1. The number of hydrogen-bond donors (Lipinski definition) is 3. The highest BCUT2D eigenvalue weighted by atomic mass is 16.5. The van der Waals surface area contributed by atoms with Crippen molar-refractivity contribution in [2.24, 2.45) is 5.92 Å². The lowest BCUT2D eigenvalue weighted by atomic mass is 9.68. The molecule has 1 amide bonds. The van der Waals surface area contributed by atoms with Crippen molar-refractivity contribution in [1.29, 1.82) is 0 Å². The van der Waals surface area contributed by atoms with Crippen LogP contribution in [0.15, 0.2) is 23.8 Å². The second kappa shape index (κ2) is 6.71. The normalized spacial score (nSPS) is 34.0. The van der Waals surface area contributed by atoms with Crippen molar-refractivity contribution >= 4 is 5.91 Å². The Morgan fingerprint density at radius 2 is 1.88 bits per heavy atom. The van der Waals surface area contributed by atoms with Crippen molar-refractivity contribution in [2.75, 3.05) is 0 Å². The fourth-order valence-corrected chi connectivity index (χ4v) is 4.53. The monoisotopic (exact) mass is 359 g/mol. The first-order chi connectivity index (χ1) is 12.1. The molecule has 5 nitrogen and oxygen atoms in total. The van der Waals surface area contributed by atoms with E-state index >= 15 is 0 Å². The van der Waals surface area contributed by atoms with Gasteiger partial charge in [-0.3, -0.25) is 4.79 Å². The van der Waals surface area contributed by atoms with E-state index < -0.39 is 11.6 Å². The number of ether oxygens (including phenoxy) is 1. The molecule has 1 aliphatic heterocycles. The van der Waals surface area contributed by atoms with E-state index in [0.29, 0.717) is 12.2 Å². The van der Waals surface area contributed by atoms with Gasteiger partial charge in [-0.1, -0.05) is 6.08 Å². The summed E-state index contributed by atoms with van der Waals surface area (Å²) in [5.41, 5.74) is 3.00. The van der Waals surface area contributed by atoms with Crippen LogP contribution in [0.2, 0.25) is 0 Å². The van der Waals surface area contributed by atoms with Gasteiger partial charge < -0.3 is 20.3 Å². The van der Waals surface area contributed by atoms with E-state index in [4.69, 9.17) is 4.74 Å². The van der Waals surface area contributed by atoms with Crippen LogP contribution in [-0.4, -0.2) is 33.9 Å². The second-order valence-corrected chi connectivity index (χ2v) is 8.13. The predicted molar refractivity (Wildman–Crippen MR) is 99.9 cm³/mol. The third kappa shape index (κ3) is 3.26. The van der Waals surface area contributed by atoms with Gasteiger partial charge in [0.2, 0.25) is 5.91 Å². The van der Waals surface area contributed by atoms with Crippen molar-refractivity contribution in [3.8, 4) is 5.75 Å². The summed E-state index contributed by atoms with van der Waals surface area (Å²) in [6, 6.07) is 3.86. The lowest BCUT2D eigenvalue weighted by Crippen LogP contribution is -2.62. The fourth-order valence-electron chi connectivity index (χ4n) is 4.53. The standard InChI is InChI=1S/C21H29NO4/c1-11-6-7-16-20(19(11)25)26-17(10-21(16,5)22-14(4)23)15-8-12(2)18(24)13(3)9-15/h6,8-9,16-17,19-20,24-25H,7,10H2,1-5H3,(H,22,23)/t16-,17+,19-,20-,21+/m1/s1. The van der Waals surface area contributed by atoms with Crippen molar-refractivity contribution in [2.45, 2.75) is 71.3 Å². The molecule has 0 unspecified atom stereocenters. The Labute approximate surface area is 155 Å². The van der Waals surface area contributed by atoms with Gasteiger partial charge in [0.15, 0.2) is 0 Å². The number of rotatable bonds is 2. The van der Waals surface area contributed by atoms with Gasteiger partial charge in [-0.25, -0.2) is 0 Å². The maximum atomic E-state index is 11.9. The van der Waals surface area contributed by atoms with Gasteiger partial charge in [0, 0.05) is 24.8 Å². The summed E-state index contributed by atoms with van der Waals surface area (Å²) in [5, 5.41) is 23.9. The van der Waals surface area contributed by atoms with E-state index in [1.807, 2.05) is 45.9 Å². The highest BCUT2D eigenvalue weighted by Gasteiger charge is 2.51. The summed E-state index contributed by atoms with van der Waals surface area (Å²) in [6.45, 7) is 9.22. The zero-order valence-electron chi connectivity index (χ0n) is 16.2. The van der Waals surface area contributed by atoms with E-state index in [9.17, 15) is 15.0 Å². The highest BCUT2D eigenvalue weighted by molar-refractivity contribution is 5.74. The number of phenolic OH excluding ortho intramolecular Hbond substituents is 1. The molecule has 0 radical (unpaired) electrons. The molecule has 26 heavy (non-hydrogen) atoms. The first kappa shape index (κ1) is 18.9. The Hall–Kier alpha value is -1.85. The Bertz CT molecular complexity index is 733. The van der Waals surface area contributed by atoms with Crippen LogP contribution >= 0.6 is 0 Å². The lowest BCUT2D eigenvalue weighted by Gasteiger charge is -2.52. The molecule has 5 heteroatoms. The Morgan fingerprint density at radius 1 is 1.27 bits per heavy atom. The van der Waals surface area contributed by atoms with Crippen LogP contribution in [0, 0.1) is 19.8 Å². The quantitative estimate of drug-likeness (QED) is 0.709. The zero-order valence-corrected chi connectivity index (χ0v) is 16.2. The minimum Gasteiger partial charge on any atom is -0.507 e. The maximum Gasteiger partial charge on any atom is 0.217 e. The topological polar surface area (TPSA) is 78.8 Å². The Morgan fingerprint density at radius 3 is 2.46 bits per heavy atom. The van der Waals surface area contributed by atoms with Crippen LogP contribution in [0.3, 0.4) is 0 Å². The third-order valence-corrected chi connectivity index (χ3v) is 5.96. The van der Waals surface area contributed by atoms with Crippen LogP contribution in [0.25, 0.3) is 0 Å². The van der Waals surface area contributed by atoms with Gasteiger partial charge in [-0.15, -0.1) is 0 Å². The summed E-state index contributed by atoms with van der Waals surface area (Å²) >= 11 is 0. The van der Waals surface area contributed by atoms with E-state index in [-0.39, 0.29) is 24.0 Å². The SMILES string of the molecule is CC(=O)N[C@@]1(C)C[C@@H](c2cc(C)c(O)c(C)c2)O[C@H]2[C@H](O)C(C)=CC[C@H]21. The van der Waals surface area contributed by atoms with Gasteiger partial charge in [0.1, 0.15) is 11.9 Å². The van der Waals surface area contributed by atoms with E-state index in [0.717, 1.165) is 28.7 Å². The number of phenols is 1. The molecule has 1 heterocycles. The number of carbonyl (C=O) groups excluding carboxylic acids is 1. The van der Waals surface area contributed by atoms with Crippen LogP contribution in [0.1, 0.15) is 56.4 Å². The maximum absolute atomic E-state index is 11.9. The molecular weight excluding hydrogens is 330 g/mol. The first-order valence-corrected chi connectivity index (χ1v) is 9.21. The largest absolute Gasteiger partial charge is 0.507 e. The number of aromatic hydroxyl groups is 1. The lowest BCUT2D eigenvalue weighted by molar-refractivity contribution is -0.165. The average Bonchev–Trinajstić information content (AvgIpc) is 2.54. The number of hydrogen-bond acceptors (Lipinski definition) is 4. The molecule has 1 fully saturated rings. The van der Waals surface area contributed by atoms with Crippen molar-refractivity contribution < 1.29 is 19.7 Å². The number of allylic oxidation sites excluding steroid dienone is 1. The summed E-state index contributed by atoms with van der Waals surface area (Å²) < 4.78 is 6.36. The van der Waals surface area contributed by atoms with Crippen LogP contribution in [0.4, 0.5) is 0 Å². The number of nitrogens with one attached hydrogen (secondary N) is 1. The van der Waals surface area contributed by atoms with Gasteiger partial charge >= 0.3 is 0 Å². The molecule has 3 rings (SSSR count). The number of carbonyl (C=O) groups is 1. The minimum absolute atomic E-state index is 0.0145. The highest BCUT2D eigenvalue weighted by Crippen LogP contribution is 2.47. The molecule has 0 bridgehead atoms. The van der Waals surface area contributed by atoms with Crippen LogP contribution in [-0.2, 0) is 9.53 Å². The van der Waals surface area contributed by atoms with E-state index in [1.54, 1.807) is 0 Å². The molecule has 1 saturated heterocycles. The molecule has 0 aromatic heterocycles. The van der Waals surface area contributed by atoms with Gasteiger partial charge in [-0.2, -0.15) is 0 Å². The van der Waals surface area contributed by atoms with Gasteiger partial charge in [0.05, 0.1) is 12.2 Å². The van der Waals surface area contributed by atoms with Crippen molar-refractivity contribution in [3.05, 3.63) is 40.5 Å². The Balaban J connectivity index is 2.01. The zero-order chi connectivity index (χ0) is 19.2. The smallest absolute Gasteiger partial charge is 0.217 e. The van der Waals surface area contributed by atoms with Gasteiger partial charge in [0.25, 0.3) is 0 Å². The van der Waals surface area contributed by atoms with E-state index in [2.05, 4.69) is 5.32 Å². The summed E-state index contributed by atoms with van der Waals surface area (Å²) in [4.78, 5) is 11.9. The number of aryl methyl sites for hydroxylation is 2. The van der Waals surface area contributed by atoms with Crippen molar-refractivity contribution in [3.63, 3.8) is 0 Å². The van der Waals surface area contributed by atoms with Gasteiger partial charge in [-0.05, 0) is 68.5 Å². The van der Waals surface area contributed by atoms with Crippen molar-refractivity contribution in [1.82, 2.24) is 5.32 Å². The molecule has 0 saturated carbocycles.